The molecule has 3 nitrogen and oxygen atoms in total. The normalized spacial score (nSPS) is 14.9. The second-order valence-corrected chi connectivity index (χ2v) is 7.58. The summed E-state index contributed by atoms with van der Waals surface area (Å²) in [5.41, 5.74) is 3.77. The van der Waals surface area contributed by atoms with E-state index < -0.39 is 0 Å². The quantitative estimate of drug-likeness (QED) is 0.409. The Balaban J connectivity index is 1.77. The number of amides is 1. The van der Waals surface area contributed by atoms with Crippen molar-refractivity contribution in [1.82, 2.24) is 0 Å². The average Bonchev–Trinajstić information content (AvgIpc) is 3.06. The van der Waals surface area contributed by atoms with Crippen molar-refractivity contribution in [2.45, 2.75) is 6.92 Å². The van der Waals surface area contributed by atoms with Crippen molar-refractivity contribution >= 4 is 46.6 Å². The molecule has 3 aromatic carbocycles. The topological polar surface area (TPSA) is 29.5 Å². The molecule has 0 saturated heterocycles. The van der Waals surface area contributed by atoms with E-state index in [2.05, 4.69) is 0 Å². The van der Waals surface area contributed by atoms with Crippen LogP contribution in [0.1, 0.15) is 18.1 Å². The van der Waals surface area contributed by atoms with Crippen molar-refractivity contribution < 1.29 is 9.53 Å². The van der Waals surface area contributed by atoms with Gasteiger partial charge in [0.05, 0.1) is 23.0 Å². The van der Waals surface area contributed by atoms with Crippen LogP contribution in [-0.2, 0) is 4.79 Å². The second-order valence-electron chi connectivity index (χ2n) is 6.73. The number of halogens is 2. The van der Waals surface area contributed by atoms with Crippen LogP contribution in [0.4, 0.5) is 5.69 Å². The summed E-state index contributed by atoms with van der Waals surface area (Å²) in [5, 5.41) is 0.936. The SMILES string of the molecule is CCOc1ccc(/C=C2\C=C(c3ccccc3)N(c3ccc(Cl)cc3Cl)C2=O)cc1. The number of nitrogens with zero attached hydrogens (tertiary/aromatic N) is 1. The molecule has 1 heterocycles. The lowest BCUT2D eigenvalue weighted by Gasteiger charge is -2.22. The van der Waals surface area contributed by atoms with Crippen molar-refractivity contribution in [3.8, 4) is 5.75 Å². The fourth-order valence-electron chi connectivity index (χ4n) is 3.35. The summed E-state index contributed by atoms with van der Waals surface area (Å²) in [5.74, 6) is 0.652. The molecule has 4 rings (SSSR count). The minimum atomic E-state index is -0.146. The zero-order chi connectivity index (χ0) is 21.1. The van der Waals surface area contributed by atoms with Gasteiger partial charge in [-0.25, -0.2) is 0 Å². The molecule has 0 aromatic heterocycles. The van der Waals surface area contributed by atoms with Gasteiger partial charge in [-0.3, -0.25) is 9.69 Å². The van der Waals surface area contributed by atoms with Crippen molar-refractivity contribution in [1.29, 1.82) is 0 Å². The molecule has 0 fully saturated rings. The molecule has 0 atom stereocenters. The van der Waals surface area contributed by atoms with Crippen LogP contribution in [0.25, 0.3) is 11.8 Å². The maximum Gasteiger partial charge on any atom is 0.262 e. The van der Waals surface area contributed by atoms with Crippen LogP contribution in [0, 0.1) is 0 Å². The van der Waals surface area contributed by atoms with Crippen LogP contribution in [-0.4, -0.2) is 12.5 Å². The number of anilines is 1. The Labute approximate surface area is 185 Å². The first kappa shape index (κ1) is 20.3. The van der Waals surface area contributed by atoms with Crippen molar-refractivity contribution in [3.05, 3.63) is 106 Å². The van der Waals surface area contributed by atoms with Crippen molar-refractivity contribution in [2.75, 3.05) is 11.5 Å². The fourth-order valence-corrected chi connectivity index (χ4v) is 3.84. The summed E-state index contributed by atoms with van der Waals surface area (Å²) in [6.45, 7) is 2.55. The summed E-state index contributed by atoms with van der Waals surface area (Å²) in [6.07, 6.45) is 3.75. The highest BCUT2D eigenvalue weighted by Gasteiger charge is 2.31. The average molecular weight is 436 g/mol. The van der Waals surface area contributed by atoms with E-state index in [1.807, 2.05) is 73.7 Å². The number of ether oxygens (including phenoxy) is 1. The summed E-state index contributed by atoms with van der Waals surface area (Å²) in [6, 6.07) is 22.5. The van der Waals surface area contributed by atoms with E-state index in [0.717, 1.165) is 22.6 Å². The lowest BCUT2D eigenvalue weighted by molar-refractivity contribution is -0.113. The zero-order valence-electron chi connectivity index (χ0n) is 16.3. The van der Waals surface area contributed by atoms with Gasteiger partial charge in [-0.05, 0) is 60.5 Å². The minimum Gasteiger partial charge on any atom is -0.494 e. The van der Waals surface area contributed by atoms with Gasteiger partial charge < -0.3 is 4.74 Å². The smallest absolute Gasteiger partial charge is 0.262 e. The predicted octanol–water partition coefficient (Wildman–Crippen LogP) is 6.86. The highest BCUT2D eigenvalue weighted by atomic mass is 35.5. The van der Waals surface area contributed by atoms with Crippen molar-refractivity contribution in [2.24, 2.45) is 0 Å². The van der Waals surface area contributed by atoms with E-state index in [1.165, 1.54) is 0 Å². The van der Waals surface area contributed by atoms with Crippen LogP contribution in [0.3, 0.4) is 0 Å². The van der Waals surface area contributed by atoms with Gasteiger partial charge in [-0.2, -0.15) is 0 Å². The lowest BCUT2D eigenvalue weighted by Crippen LogP contribution is -2.25. The molecule has 0 N–H and O–H groups in total. The first-order valence-corrected chi connectivity index (χ1v) is 10.3. The van der Waals surface area contributed by atoms with Gasteiger partial charge in [0.2, 0.25) is 0 Å². The molecule has 0 radical (unpaired) electrons. The van der Waals surface area contributed by atoms with Gasteiger partial charge >= 0.3 is 0 Å². The molecular formula is C25H19Cl2NO2. The molecule has 1 aliphatic heterocycles. The first-order valence-electron chi connectivity index (χ1n) is 9.58. The molecule has 5 heteroatoms. The number of hydrogen-bond donors (Lipinski definition) is 0. The Morgan fingerprint density at radius 1 is 0.967 bits per heavy atom. The standard InChI is InChI=1S/C25H19Cl2NO2/c1-2-30-21-11-8-17(9-12-21)14-19-15-24(18-6-4-3-5-7-18)28(25(19)29)23-13-10-20(26)16-22(23)27/h3-16H,2H2,1H3/b19-14+. The molecular weight excluding hydrogens is 417 g/mol. The number of carbonyl (C=O) groups is 1. The molecule has 30 heavy (non-hydrogen) atoms. The fraction of sp³-hybridized carbons (Fsp3) is 0.0800. The maximum absolute atomic E-state index is 13.4. The molecule has 3 aromatic rings. The van der Waals surface area contributed by atoms with E-state index >= 15 is 0 Å². The van der Waals surface area contributed by atoms with E-state index in [4.69, 9.17) is 27.9 Å². The summed E-state index contributed by atoms with van der Waals surface area (Å²) in [4.78, 5) is 15.0. The molecule has 0 bridgehead atoms. The number of carbonyl (C=O) groups excluding carboxylic acids is 1. The van der Waals surface area contributed by atoms with E-state index in [0.29, 0.717) is 27.9 Å². The molecule has 1 amide bonds. The van der Waals surface area contributed by atoms with Crippen LogP contribution in [0.15, 0.2) is 84.4 Å². The Morgan fingerprint density at radius 3 is 2.37 bits per heavy atom. The molecule has 1 aliphatic rings. The van der Waals surface area contributed by atoms with E-state index in [9.17, 15) is 4.79 Å². The highest BCUT2D eigenvalue weighted by molar-refractivity contribution is 6.38. The van der Waals surface area contributed by atoms with Crippen LogP contribution >= 0.6 is 23.2 Å². The minimum absolute atomic E-state index is 0.146. The van der Waals surface area contributed by atoms with Gasteiger partial charge in [0, 0.05) is 10.6 Å². The Kier molecular flexibility index (Phi) is 5.93. The Morgan fingerprint density at radius 2 is 1.70 bits per heavy atom. The third kappa shape index (κ3) is 4.13. The van der Waals surface area contributed by atoms with Crippen LogP contribution in [0.5, 0.6) is 5.75 Å². The molecule has 0 spiro atoms. The summed E-state index contributed by atoms with van der Waals surface area (Å²) < 4.78 is 5.49. The van der Waals surface area contributed by atoms with Crippen molar-refractivity contribution in [3.63, 3.8) is 0 Å². The van der Waals surface area contributed by atoms with Crippen LogP contribution in [0.2, 0.25) is 10.0 Å². The predicted molar refractivity (Wildman–Crippen MR) is 124 cm³/mol. The summed E-state index contributed by atoms with van der Waals surface area (Å²) in [7, 11) is 0. The van der Waals surface area contributed by atoms with Crippen LogP contribution < -0.4 is 9.64 Å². The maximum atomic E-state index is 13.4. The van der Waals surface area contributed by atoms with Gasteiger partial charge in [-0.15, -0.1) is 0 Å². The van der Waals surface area contributed by atoms with Gasteiger partial charge in [0.25, 0.3) is 5.91 Å². The Bertz CT molecular complexity index is 1140. The first-order chi connectivity index (χ1) is 14.6. The molecule has 0 saturated carbocycles. The second kappa shape index (κ2) is 8.78. The van der Waals surface area contributed by atoms with E-state index in [1.54, 1.807) is 23.1 Å². The molecule has 0 aliphatic carbocycles. The number of rotatable bonds is 5. The summed E-state index contributed by atoms with van der Waals surface area (Å²) >= 11 is 12.5. The van der Waals surface area contributed by atoms with Gasteiger partial charge in [0.15, 0.2) is 0 Å². The van der Waals surface area contributed by atoms with E-state index in [-0.39, 0.29) is 5.91 Å². The molecule has 0 unspecified atom stereocenters. The monoisotopic (exact) mass is 435 g/mol. The zero-order valence-corrected chi connectivity index (χ0v) is 17.8. The number of hydrogen-bond acceptors (Lipinski definition) is 2. The molecule has 150 valence electrons. The highest BCUT2D eigenvalue weighted by Crippen LogP contribution is 2.39. The van der Waals surface area contributed by atoms with Gasteiger partial charge in [-0.1, -0.05) is 65.7 Å². The lowest BCUT2D eigenvalue weighted by atomic mass is 10.1. The third-order valence-electron chi connectivity index (χ3n) is 4.72. The number of benzene rings is 3. The van der Waals surface area contributed by atoms with Gasteiger partial charge in [0.1, 0.15) is 5.75 Å². The Hall–Kier alpha value is -3.01. The third-order valence-corrected chi connectivity index (χ3v) is 5.25. The largest absolute Gasteiger partial charge is 0.494 e.